The number of amides is 1. The first-order chi connectivity index (χ1) is 9.08. The van der Waals surface area contributed by atoms with Crippen molar-refractivity contribution in [3.8, 4) is 0 Å². The molecule has 0 aliphatic heterocycles. The molecular formula is C16H23ClN2O. The number of nitrogens with one attached hydrogen (secondary N) is 1. The second kappa shape index (κ2) is 4.74. The predicted octanol–water partition coefficient (Wildman–Crippen LogP) is 3.14. The van der Waals surface area contributed by atoms with Crippen LogP contribution in [0.5, 0.6) is 0 Å². The molecule has 2 rings (SSSR count). The van der Waals surface area contributed by atoms with E-state index in [2.05, 4.69) is 33.0 Å². The Morgan fingerprint density at radius 2 is 1.80 bits per heavy atom. The van der Waals surface area contributed by atoms with Gasteiger partial charge >= 0.3 is 0 Å². The average molecular weight is 295 g/mol. The topological polar surface area (TPSA) is 55.1 Å². The van der Waals surface area contributed by atoms with Gasteiger partial charge in [-0.25, -0.2) is 0 Å². The van der Waals surface area contributed by atoms with Crippen LogP contribution in [0.1, 0.15) is 43.6 Å². The second-order valence-corrected chi connectivity index (χ2v) is 7.40. The van der Waals surface area contributed by atoms with Crippen LogP contribution < -0.4 is 11.1 Å². The first-order valence-electron chi connectivity index (χ1n) is 6.91. The Hall–Kier alpha value is -1.06. The second-order valence-electron chi connectivity index (χ2n) is 6.99. The molecule has 1 fully saturated rings. The van der Waals surface area contributed by atoms with Crippen molar-refractivity contribution in [3.05, 3.63) is 34.3 Å². The highest BCUT2D eigenvalue weighted by Crippen LogP contribution is 2.52. The van der Waals surface area contributed by atoms with E-state index in [1.807, 2.05) is 13.0 Å². The van der Waals surface area contributed by atoms with E-state index in [0.29, 0.717) is 10.6 Å². The fourth-order valence-electron chi connectivity index (χ4n) is 3.50. The summed E-state index contributed by atoms with van der Waals surface area (Å²) >= 11 is 6.08. The molecule has 1 amide bonds. The third-order valence-corrected chi connectivity index (χ3v) is 5.21. The molecule has 20 heavy (non-hydrogen) atoms. The lowest BCUT2D eigenvalue weighted by atomic mass is 9.48. The minimum atomic E-state index is -0.104. The third-order valence-electron chi connectivity index (χ3n) is 4.80. The number of rotatable bonds is 2. The molecule has 1 aliphatic carbocycles. The molecule has 4 heteroatoms. The fourth-order valence-corrected chi connectivity index (χ4v) is 3.68. The van der Waals surface area contributed by atoms with Crippen LogP contribution >= 0.6 is 11.6 Å². The summed E-state index contributed by atoms with van der Waals surface area (Å²) in [6, 6.07) is 5.50. The zero-order valence-electron chi connectivity index (χ0n) is 12.8. The Labute approximate surface area is 125 Å². The summed E-state index contributed by atoms with van der Waals surface area (Å²) in [6.07, 6.45) is 0. The van der Waals surface area contributed by atoms with Crippen molar-refractivity contribution in [1.82, 2.24) is 5.32 Å². The number of carbonyl (C=O) groups excluding carboxylic acids is 1. The number of benzene rings is 1. The Morgan fingerprint density at radius 3 is 2.30 bits per heavy atom. The predicted molar refractivity (Wildman–Crippen MR) is 83.0 cm³/mol. The van der Waals surface area contributed by atoms with E-state index in [9.17, 15) is 4.79 Å². The maximum atomic E-state index is 12.4. The Morgan fingerprint density at radius 1 is 1.25 bits per heavy atom. The minimum Gasteiger partial charge on any atom is -0.348 e. The van der Waals surface area contributed by atoms with Gasteiger partial charge in [0.2, 0.25) is 0 Å². The van der Waals surface area contributed by atoms with Crippen molar-refractivity contribution >= 4 is 17.5 Å². The summed E-state index contributed by atoms with van der Waals surface area (Å²) in [4.78, 5) is 12.4. The number of nitrogens with two attached hydrogens (primary N) is 1. The SMILES string of the molecule is Cc1ccc(C(=O)NC2C(C)(C)C(N)C2(C)C)cc1Cl. The number of hydrogen-bond donors (Lipinski definition) is 2. The maximum absolute atomic E-state index is 12.4. The molecule has 110 valence electrons. The standard InChI is InChI=1S/C16H23ClN2O/c1-9-6-7-10(8-11(9)17)12(20)19-14-15(2,3)13(18)16(14,4)5/h6-8,13-14H,18H2,1-5H3,(H,19,20). The van der Waals surface area contributed by atoms with E-state index in [4.69, 9.17) is 17.3 Å². The van der Waals surface area contributed by atoms with Gasteiger partial charge in [0.05, 0.1) is 0 Å². The van der Waals surface area contributed by atoms with Crippen molar-refractivity contribution in [2.24, 2.45) is 16.6 Å². The summed E-state index contributed by atoms with van der Waals surface area (Å²) in [6.45, 7) is 10.3. The molecule has 1 aliphatic rings. The monoisotopic (exact) mass is 294 g/mol. The van der Waals surface area contributed by atoms with Gasteiger partial charge < -0.3 is 11.1 Å². The van der Waals surface area contributed by atoms with Gasteiger partial charge in [0.1, 0.15) is 0 Å². The number of aryl methyl sites for hydroxylation is 1. The van der Waals surface area contributed by atoms with Gasteiger partial charge in [-0.2, -0.15) is 0 Å². The van der Waals surface area contributed by atoms with Crippen LogP contribution in [0.3, 0.4) is 0 Å². The fraction of sp³-hybridized carbons (Fsp3) is 0.562. The lowest BCUT2D eigenvalue weighted by Crippen LogP contribution is -2.76. The number of carbonyl (C=O) groups is 1. The molecule has 0 aromatic heterocycles. The van der Waals surface area contributed by atoms with E-state index < -0.39 is 0 Å². The average Bonchev–Trinajstić information content (AvgIpc) is 2.37. The van der Waals surface area contributed by atoms with Crippen molar-refractivity contribution in [2.45, 2.75) is 46.7 Å². The van der Waals surface area contributed by atoms with Crippen LogP contribution in [-0.2, 0) is 0 Å². The van der Waals surface area contributed by atoms with Gasteiger partial charge in [-0.05, 0) is 24.6 Å². The molecule has 0 saturated heterocycles. The van der Waals surface area contributed by atoms with Gasteiger partial charge in [0, 0.05) is 33.5 Å². The van der Waals surface area contributed by atoms with E-state index in [1.54, 1.807) is 12.1 Å². The van der Waals surface area contributed by atoms with Crippen LogP contribution in [0.2, 0.25) is 5.02 Å². The molecule has 1 saturated carbocycles. The smallest absolute Gasteiger partial charge is 0.251 e. The molecule has 1 aromatic rings. The van der Waals surface area contributed by atoms with Crippen molar-refractivity contribution < 1.29 is 4.79 Å². The molecule has 0 radical (unpaired) electrons. The first-order valence-corrected chi connectivity index (χ1v) is 7.29. The maximum Gasteiger partial charge on any atom is 0.251 e. The van der Waals surface area contributed by atoms with E-state index in [0.717, 1.165) is 5.56 Å². The minimum absolute atomic E-state index is 0.0533. The van der Waals surface area contributed by atoms with Gasteiger partial charge in [0.25, 0.3) is 5.91 Å². The molecule has 1 aromatic carbocycles. The summed E-state index contributed by atoms with van der Waals surface area (Å²) in [5.41, 5.74) is 7.56. The van der Waals surface area contributed by atoms with Gasteiger partial charge in [-0.15, -0.1) is 0 Å². The highest BCUT2D eigenvalue weighted by Gasteiger charge is 2.60. The lowest BCUT2D eigenvalue weighted by Gasteiger charge is -2.62. The summed E-state index contributed by atoms with van der Waals surface area (Å²) in [7, 11) is 0. The Kier molecular flexibility index (Phi) is 3.64. The molecule has 0 bridgehead atoms. The number of halogens is 1. The quantitative estimate of drug-likeness (QED) is 0.880. The molecule has 3 nitrogen and oxygen atoms in total. The van der Waals surface area contributed by atoms with E-state index in [1.165, 1.54) is 0 Å². The molecular weight excluding hydrogens is 272 g/mol. The Balaban J connectivity index is 2.18. The molecule has 0 atom stereocenters. The third kappa shape index (κ3) is 2.23. The molecule has 0 spiro atoms. The molecule has 0 heterocycles. The summed E-state index contributed by atoms with van der Waals surface area (Å²) in [5.74, 6) is -0.0926. The normalized spacial score (nSPS) is 26.8. The summed E-state index contributed by atoms with van der Waals surface area (Å²) in [5, 5.41) is 3.73. The van der Waals surface area contributed by atoms with E-state index >= 15 is 0 Å². The molecule has 3 N–H and O–H groups in total. The van der Waals surface area contributed by atoms with Crippen molar-refractivity contribution in [1.29, 1.82) is 0 Å². The highest BCUT2D eigenvalue weighted by molar-refractivity contribution is 6.31. The Bertz CT molecular complexity index is 535. The van der Waals surface area contributed by atoms with Crippen LogP contribution in [-0.4, -0.2) is 18.0 Å². The largest absolute Gasteiger partial charge is 0.348 e. The molecule has 0 unspecified atom stereocenters. The van der Waals surface area contributed by atoms with Crippen LogP contribution in [0, 0.1) is 17.8 Å². The van der Waals surface area contributed by atoms with Crippen LogP contribution in [0.15, 0.2) is 18.2 Å². The zero-order valence-corrected chi connectivity index (χ0v) is 13.5. The summed E-state index contributed by atoms with van der Waals surface area (Å²) < 4.78 is 0. The van der Waals surface area contributed by atoms with Gasteiger partial charge in [0.15, 0.2) is 0 Å². The van der Waals surface area contributed by atoms with Crippen molar-refractivity contribution in [2.75, 3.05) is 0 Å². The zero-order chi connectivity index (χ0) is 15.3. The van der Waals surface area contributed by atoms with Gasteiger partial charge in [-0.1, -0.05) is 45.4 Å². The van der Waals surface area contributed by atoms with Gasteiger partial charge in [-0.3, -0.25) is 4.79 Å². The van der Waals surface area contributed by atoms with Crippen molar-refractivity contribution in [3.63, 3.8) is 0 Å². The number of hydrogen-bond acceptors (Lipinski definition) is 2. The van der Waals surface area contributed by atoms with E-state index in [-0.39, 0.29) is 28.8 Å². The lowest BCUT2D eigenvalue weighted by molar-refractivity contribution is -0.0663. The van der Waals surface area contributed by atoms with Crippen LogP contribution in [0.4, 0.5) is 0 Å². The first kappa shape index (κ1) is 15.3. The highest BCUT2D eigenvalue weighted by atomic mass is 35.5. The van der Waals surface area contributed by atoms with Crippen LogP contribution in [0.25, 0.3) is 0 Å².